The highest BCUT2D eigenvalue weighted by atomic mass is 16.5. The maximum atomic E-state index is 5.95. The molecule has 0 radical (unpaired) electrons. The molecular weight excluding hydrogens is 312 g/mol. The number of nitrogens with zero attached hydrogens (tertiary/aromatic N) is 2. The summed E-state index contributed by atoms with van der Waals surface area (Å²) in [6.07, 6.45) is 3.24. The Morgan fingerprint density at radius 3 is 2.84 bits per heavy atom. The number of hydrogen-bond donors (Lipinski definition) is 0. The summed E-state index contributed by atoms with van der Waals surface area (Å²) in [5, 5.41) is 0. The fourth-order valence-corrected chi connectivity index (χ4v) is 3.48. The van der Waals surface area contributed by atoms with Gasteiger partial charge in [-0.3, -0.25) is 0 Å². The van der Waals surface area contributed by atoms with E-state index in [0.717, 1.165) is 49.5 Å². The summed E-state index contributed by atoms with van der Waals surface area (Å²) in [6, 6.07) is 16.5. The Morgan fingerprint density at radius 2 is 2.00 bits per heavy atom. The highest BCUT2D eigenvalue weighted by Crippen LogP contribution is 2.30. The fourth-order valence-electron chi connectivity index (χ4n) is 3.48. The van der Waals surface area contributed by atoms with E-state index in [1.165, 1.54) is 11.1 Å². The predicted octanol–water partition coefficient (Wildman–Crippen LogP) is 4.67. The van der Waals surface area contributed by atoms with E-state index < -0.39 is 0 Å². The molecule has 3 aromatic rings. The molecule has 0 amide bonds. The molecule has 1 aromatic heterocycles. The first-order valence-corrected chi connectivity index (χ1v) is 9.08. The van der Waals surface area contributed by atoms with Gasteiger partial charge in [-0.1, -0.05) is 30.3 Å². The van der Waals surface area contributed by atoms with Crippen molar-refractivity contribution in [3.05, 3.63) is 59.9 Å². The Labute approximate surface area is 148 Å². The van der Waals surface area contributed by atoms with E-state index in [9.17, 15) is 0 Å². The highest BCUT2D eigenvalue weighted by Gasteiger charge is 2.24. The lowest BCUT2D eigenvalue weighted by atomic mass is 10.2. The lowest BCUT2D eigenvalue weighted by Crippen LogP contribution is -2.11. The minimum absolute atomic E-state index is 0.129. The number of fused-ring (bicyclic) bond motifs is 1. The zero-order valence-corrected chi connectivity index (χ0v) is 14.6. The number of imidazole rings is 1. The van der Waals surface area contributed by atoms with Crippen LogP contribution in [-0.4, -0.2) is 22.8 Å². The van der Waals surface area contributed by atoms with Crippen molar-refractivity contribution in [1.82, 2.24) is 9.55 Å². The number of aryl methyl sites for hydroxylation is 2. The molecule has 4 rings (SSSR count). The average Bonchev–Trinajstić information content (AvgIpc) is 3.28. The van der Waals surface area contributed by atoms with Crippen LogP contribution in [0.1, 0.15) is 36.8 Å². The van der Waals surface area contributed by atoms with Crippen LogP contribution in [0.25, 0.3) is 11.0 Å². The van der Waals surface area contributed by atoms with Gasteiger partial charge in [0.15, 0.2) is 0 Å². The van der Waals surface area contributed by atoms with Crippen LogP contribution >= 0.6 is 0 Å². The monoisotopic (exact) mass is 336 g/mol. The van der Waals surface area contributed by atoms with E-state index in [1.807, 2.05) is 24.3 Å². The largest absolute Gasteiger partial charge is 0.493 e. The molecular formula is C21H24N2O2. The molecule has 1 saturated heterocycles. The van der Waals surface area contributed by atoms with Crippen molar-refractivity contribution >= 4 is 11.0 Å². The summed E-state index contributed by atoms with van der Waals surface area (Å²) in [5.74, 6) is 2.03. The van der Waals surface area contributed by atoms with Crippen molar-refractivity contribution < 1.29 is 9.47 Å². The molecule has 4 heteroatoms. The Kier molecular flexibility index (Phi) is 4.70. The van der Waals surface area contributed by atoms with Gasteiger partial charge in [0.05, 0.1) is 17.6 Å². The highest BCUT2D eigenvalue weighted by molar-refractivity contribution is 5.76. The van der Waals surface area contributed by atoms with Crippen LogP contribution in [0.5, 0.6) is 5.75 Å². The second kappa shape index (κ2) is 7.28. The Hall–Kier alpha value is -2.33. The topological polar surface area (TPSA) is 36.3 Å². The average molecular weight is 336 g/mol. The first-order valence-electron chi connectivity index (χ1n) is 9.08. The molecule has 1 aliphatic heterocycles. The van der Waals surface area contributed by atoms with Crippen LogP contribution in [0.4, 0.5) is 0 Å². The van der Waals surface area contributed by atoms with Gasteiger partial charge in [0.1, 0.15) is 17.7 Å². The number of para-hydroxylation sites is 3. The molecule has 2 heterocycles. The van der Waals surface area contributed by atoms with Gasteiger partial charge in [0, 0.05) is 13.2 Å². The maximum absolute atomic E-state index is 5.95. The van der Waals surface area contributed by atoms with E-state index in [2.05, 4.69) is 35.8 Å². The molecule has 0 aliphatic carbocycles. The minimum atomic E-state index is 0.129. The summed E-state index contributed by atoms with van der Waals surface area (Å²) in [4.78, 5) is 4.84. The predicted molar refractivity (Wildman–Crippen MR) is 99.0 cm³/mol. The van der Waals surface area contributed by atoms with E-state index in [1.54, 1.807) is 0 Å². The molecule has 0 N–H and O–H groups in total. The van der Waals surface area contributed by atoms with E-state index in [4.69, 9.17) is 14.5 Å². The normalized spacial score (nSPS) is 17.2. The van der Waals surface area contributed by atoms with Crippen LogP contribution in [-0.2, 0) is 11.3 Å². The lowest BCUT2D eigenvalue weighted by Gasteiger charge is -2.14. The van der Waals surface area contributed by atoms with Gasteiger partial charge in [-0.2, -0.15) is 0 Å². The third kappa shape index (κ3) is 3.40. The Morgan fingerprint density at radius 1 is 1.16 bits per heavy atom. The lowest BCUT2D eigenvalue weighted by molar-refractivity contribution is 0.102. The molecule has 1 fully saturated rings. The fraction of sp³-hybridized carbons (Fsp3) is 0.381. The summed E-state index contributed by atoms with van der Waals surface area (Å²) in [7, 11) is 0. The Balaban J connectivity index is 1.48. The molecule has 2 aromatic carbocycles. The van der Waals surface area contributed by atoms with Gasteiger partial charge in [-0.15, -0.1) is 0 Å². The molecule has 1 aliphatic rings. The summed E-state index contributed by atoms with van der Waals surface area (Å²) in [5.41, 5.74) is 3.41. The SMILES string of the molecule is Cc1ccccc1OCCCn1c(C2CCCO2)nc2ccccc21. The van der Waals surface area contributed by atoms with E-state index >= 15 is 0 Å². The quantitative estimate of drug-likeness (QED) is 0.614. The number of benzene rings is 2. The van der Waals surface area contributed by atoms with Crippen molar-refractivity contribution in [2.24, 2.45) is 0 Å². The number of rotatable bonds is 6. The van der Waals surface area contributed by atoms with E-state index in [0.29, 0.717) is 6.61 Å². The van der Waals surface area contributed by atoms with Gasteiger partial charge >= 0.3 is 0 Å². The third-order valence-electron chi connectivity index (χ3n) is 4.78. The second-order valence-electron chi connectivity index (χ2n) is 6.58. The zero-order valence-electron chi connectivity index (χ0n) is 14.6. The van der Waals surface area contributed by atoms with Crippen molar-refractivity contribution in [2.75, 3.05) is 13.2 Å². The van der Waals surface area contributed by atoms with Gasteiger partial charge in [-0.25, -0.2) is 4.98 Å². The summed E-state index contributed by atoms with van der Waals surface area (Å²) >= 11 is 0. The minimum Gasteiger partial charge on any atom is -0.493 e. The molecule has 25 heavy (non-hydrogen) atoms. The van der Waals surface area contributed by atoms with Crippen LogP contribution in [0.3, 0.4) is 0 Å². The summed E-state index contributed by atoms with van der Waals surface area (Å²) < 4.78 is 14.1. The van der Waals surface area contributed by atoms with Crippen molar-refractivity contribution in [3.63, 3.8) is 0 Å². The summed E-state index contributed by atoms with van der Waals surface area (Å²) in [6.45, 7) is 4.50. The Bertz CT molecular complexity index is 850. The van der Waals surface area contributed by atoms with E-state index in [-0.39, 0.29) is 6.10 Å². The van der Waals surface area contributed by atoms with Crippen LogP contribution in [0, 0.1) is 6.92 Å². The molecule has 1 unspecified atom stereocenters. The molecule has 1 atom stereocenters. The maximum Gasteiger partial charge on any atom is 0.139 e. The van der Waals surface area contributed by atoms with Gasteiger partial charge in [0.2, 0.25) is 0 Å². The van der Waals surface area contributed by atoms with Gasteiger partial charge in [0.25, 0.3) is 0 Å². The molecule has 0 saturated carbocycles. The first kappa shape index (κ1) is 16.2. The molecule has 4 nitrogen and oxygen atoms in total. The van der Waals surface area contributed by atoms with Crippen molar-refractivity contribution in [2.45, 2.75) is 38.8 Å². The number of hydrogen-bond acceptors (Lipinski definition) is 3. The molecule has 130 valence electrons. The van der Waals surface area contributed by atoms with Crippen molar-refractivity contribution in [1.29, 1.82) is 0 Å². The number of ether oxygens (including phenoxy) is 2. The zero-order chi connectivity index (χ0) is 17.1. The smallest absolute Gasteiger partial charge is 0.139 e. The standard InChI is InChI=1S/C21H24N2O2/c1-16-8-2-5-11-19(16)24-15-7-13-23-18-10-4-3-9-17(18)22-21(23)20-12-6-14-25-20/h2-5,8-11,20H,6-7,12-15H2,1H3. The second-order valence-corrected chi connectivity index (χ2v) is 6.58. The van der Waals surface area contributed by atoms with Crippen LogP contribution < -0.4 is 4.74 Å². The van der Waals surface area contributed by atoms with Crippen LogP contribution in [0.15, 0.2) is 48.5 Å². The number of aromatic nitrogens is 2. The molecule has 0 bridgehead atoms. The van der Waals surface area contributed by atoms with Gasteiger partial charge < -0.3 is 14.0 Å². The third-order valence-corrected chi connectivity index (χ3v) is 4.78. The van der Waals surface area contributed by atoms with Crippen molar-refractivity contribution in [3.8, 4) is 5.75 Å². The van der Waals surface area contributed by atoms with Gasteiger partial charge in [-0.05, 0) is 49.9 Å². The first-order chi connectivity index (χ1) is 12.3. The molecule has 0 spiro atoms. The van der Waals surface area contributed by atoms with Crippen LogP contribution in [0.2, 0.25) is 0 Å².